The van der Waals surface area contributed by atoms with Crippen molar-refractivity contribution in [1.29, 1.82) is 0 Å². The van der Waals surface area contributed by atoms with Crippen LogP contribution in [0.2, 0.25) is 0 Å². The molecule has 4 rings (SSSR count). The molecule has 134 valence electrons. The van der Waals surface area contributed by atoms with Gasteiger partial charge in [0.05, 0.1) is 11.1 Å². The van der Waals surface area contributed by atoms with Gasteiger partial charge < -0.3 is 14.7 Å². The van der Waals surface area contributed by atoms with Crippen LogP contribution in [0, 0.1) is 5.92 Å². The fourth-order valence-electron chi connectivity index (χ4n) is 4.30. The van der Waals surface area contributed by atoms with E-state index in [2.05, 4.69) is 10.2 Å². The molecule has 1 unspecified atom stereocenters. The molecule has 2 aliphatic rings. The van der Waals surface area contributed by atoms with Crippen LogP contribution in [0.1, 0.15) is 42.6 Å². The van der Waals surface area contributed by atoms with Crippen LogP contribution < -0.4 is 0 Å². The Balaban J connectivity index is 1.44. The third-order valence-electron chi connectivity index (χ3n) is 5.77. The molecule has 2 aromatic rings. The van der Waals surface area contributed by atoms with Gasteiger partial charge in [0.1, 0.15) is 0 Å². The second-order valence-electron chi connectivity index (χ2n) is 7.31. The SMILES string of the molecule is O=C(c1n[nH]c2ccccc12)N1CCC2(CC1)CC(CCO)CCO2. The van der Waals surface area contributed by atoms with Crippen molar-refractivity contribution in [2.75, 3.05) is 26.3 Å². The zero-order valence-electron chi connectivity index (χ0n) is 14.4. The molecule has 1 aromatic carbocycles. The minimum atomic E-state index is -0.109. The molecule has 0 radical (unpaired) electrons. The highest BCUT2D eigenvalue weighted by atomic mass is 16.5. The number of aliphatic hydroxyl groups is 1. The van der Waals surface area contributed by atoms with Crippen molar-refractivity contribution in [2.24, 2.45) is 5.92 Å². The molecule has 1 amide bonds. The number of piperidine rings is 1. The standard InChI is InChI=1S/C19H25N3O3/c23-11-5-14-6-12-25-19(13-14)7-9-22(10-8-19)18(24)17-15-3-1-2-4-16(15)20-21-17/h1-4,14,23H,5-13H2,(H,20,21). The minimum absolute atomic E-state index is 0.00461. The van der Waals surface area contributed by atoms with Crippen LogP contribution in [0.5, 0.6) is 0 Å². The van der Waals surface area contributed by atoms with Crippen LogP contribution in [0.15, 0.2) is 24.3 Å². The highest BCUT2D eigenvalue weighted by Crippen LogP contribution is 2.39. The number of aromatic amines is 1. The van der Waals surface area contributed by atoms with Gasteiger partial charge in [0.15, 0.2) is 5.69 Å². The normalized spacial score (nSPS) is 23.2. The summed E-state index contributed by atoms with van der Waals surface area (Å²) in [6.07, 6.45) is 4.62. The predicted molar refractivity (Wildman–Crippen MR) is 94.3 cm³/mol. The van der Waals surface area contributed by atoms with Gasteiger partial charge in [0, 0.05) is 31.7 Å². The number of ether oxygens (including phenoxy) is 1. The van der Waals surface area contributed by atoms with Gasteiger partial charge in [-0.05, 0) is 44.1 Å². The van der Waals surface area contributed by atoms with Crippen molar-refractivity contribution in [3.8, 4) is 0 Å². The Bertz CT molecular complexity index is 747. The van der Waals surface area contributed by atoms with Crippen molar-refractivity contribution < 1.29 is 14.6 Å². The third kappa shape index (κ3) is 3.16. The Hall–Kier alpha value is -1.92. The van der Waals surface area contributed by atoms with Crippen molar-refractivity contribution in [1.82, 2.24) is 15.1 Å². The molecule has 1 spiro atoms. The highest BCUT2D eigenvalue weighted by molar-refractivity contribution is 6.04. The van der Waals surface area contributed by atoms with Crippen LogP contribution in [-0.4, -0.2) is 58.0 Å². The number of carbonyl (C=O) groups is 1. The maximum atomic E-state index is 12.9. The molecule has 2 aliphatic heterocycles. The Morgan fingerprint density at radius 3 is 2.96 bits per heavy atom. The monoisotopic (exact) mass is 343 g/mol. The van der Waals surface area contributed by atoms with E-state index in [1.807, 2.05) is 29.2 Å². The average molecular weight is 343 g/mol. The first-order chi connectivity index (χ1) is 12.2. The number of hydrogen-bond donors (Lipinski definition) is 2. The Labute approximate surface area is 147 Å². The molecule has 2 N–H and O–H groups in total. The molecular weight excluding hydrogens is 318 g/mol. The fourth-order valence-corrected chi connectivity index (χ4v) is 4.30. The van der Waals surface area contributed by atoms with Gasteiger partial charge in [-0.25, -0.2) is 0 Å². The molecule has 6 nitrogen and oxygen atoms in total. The molecule has 2 saturated heterocycles. The summed E-state index contributed by atoms with van der Waals surface area (Å²) < 4.78 is 6.13. The number of hydrogen-bond acceptors (Lipinski definition) is 4. The molecular formula is C19H25N3O3. The number of nitrogens with zero attached hydrogens (tertiary/aromatic N) is 2. The first-order valence-electron chi connectivity index (χ1n) is 9.18. The number of aromatic nitrogens is 2. The molecule has 3 heterocycles. The number of likely N-dealkylation sites (tertiary alicyclic amines) is 1. The highest BCUT2D eigenvalue weighted by Gasteiger charge is 2.41. The molecule has 1 aromatic heterocycles. The summed E-state index contributed by atoms with van der Waals surface area (Å²) in [5, 5.41) is 17.3. The van der Waals surface area contributed by atoms with Crippen molar-refractivity contribution in [3.05, 3.63) is 30.0 Å². The number of rotatable bonds is 3. The van der Waals surface area contributed by atoms with E-state index in [0.29, 0.717) is 24.7 Å². The third-order valence-corrected chi connectivity index (χ3v) is 5.77. The Kier molecular flexibility index (Phi) is 4.48. The number of aliphatic hydroxyl groups excluding tert-OH is 1. The molecule has 6 heteroatoms. The molecule has 1 atom stereocenters. The second kappa shape index (κ2) is 6.77. The zero-order chi connectivity index (χ0) is 17.3. The van der Waals surface area contributed by atoms with Gasteiger partial charge in [-0.15, -0.1) is 0 Å². The first kappa shape index (κ1) is 16.5. The minimum Gasteiger partial charge on any atom is -0.396 e. The number of benzene rings is 1. The summed E-state index contributed by atoms with van der Waals surface area (Å²) in [5.41, 5.74) is 1.29. The Morgan fingerprint density at radius 1 is 1.36 bits per heavy atom. The summed E-state index contributed by atoms with van der Waals surface area (Å²) in [4.78, 5) is 14.8. The van der Waals surface area contributed by atoms with Gasteiger partial charge in [0.25, 0.3) is 5.91 Å². The predicted octanol–water partition coefficient (Wildman–Crippen LogP) is 2.35. The Morgan fingerprint density at radius 2 is 2.16 bits per heavy atom. The van der Waals surface area contributed by atoms with E-state index < -0.39 is 0 Å². The molecule has 2 fully saturated rings. The zero-order valence-corrected chi connectivity index (χ0v) is 14.4. The first-order valence-corrected chi connectivity index (χ1v) is 9.18. The van der Waals surface area contributed by atoms with Gasteiger partial charge in [-0.2, -0.15) is 5.10 Å². The summed E-state index contributed by atoms with van der Waals surface area (Å²) in [7, 11) is 0. The molecule has 0 bridgehead atoms. The maximum absolute atomic E-state index is 12.9. The quantitative estimate of drug-likeness (QED) is 0.897. The molecule has 0 saturated carbocycles. The topological polar surface area (TPSA) is 78.5 Å². The van der Waals surface area contributed by atoms with E-state index in [1.54, 1.807) is 0 Å². The summed E-state index contributed by atoms with van der Waals surface area (Å²) >= 11 is 0. The summed E-state index contributed by atoms with van der Waals surface area (Å²) in [5.74, 6) is 0.534. The van der Waals surface area contributed by atoms with Crippen LogP contribution in [0.4, 0.5) is 0 Å². The van der Waals surface area contributed by atoms with Crippen LogP contribution in [0.25, 0.3) is 10.9 Å². The number of carbonyl (C=O) groups excluding carboxylic acids is 1. The number of nitrogens with one attached hydrogen (secondary N) is 1. The summed E-state index contributed by atoms with van der Waals surface area (Å²) in [6, 6.07) is 7.72. The van der Waals surface area contributed by atoms with Crippen LogP contribution >= 0.6 is 0 Å². The van der Waals surface area contributed by atoms with E-state index in [-0.39, 0.29) is 18.1 Å². The number of H-pyrrole nitrogens is 1. The maximum Gasteiger partial charge on any atom is 0.274 e. The smallest absolute Gasteiger partial charge is 0.274 e. The molecule has 0 aliphatic carbocycles. The fraction of sp³-hybridized carbons (Fsp3) is 0.579. The van der Waals surface area contributed by atoms with E-state index in [4.69, 9.17) is 4.74 Å². The molecule has 25 heavy (non-hydrogen) atoms. The van der Waals surface area contributed by atoms with Crippen LogP contribution in [0.3, 0.4) is 0 Å². The lowest BCUT2D eigenvalue weighted by Gasteiger charge is -2.46. The largest absolute Gasteiger partial charge is 0.396 e. The van der Waals surface area contributed by atoms with Crippen LogP contribution in [-0.2, 0) is 4.74 Å². The number of para-hydroxylation sites is 1. The number of amides is 1. The lowest BCUT2D eigenvalue weighted by Crippen LogP contribution is -2.51. The van der Waals surface area contributed by atoms with Gasteiger partial charge in [-0.1, -0.05) is 18.2 Å². The van der Waals surface area contributed by atoms with Crippen molar-refractivity contribution >= 4 is 16.8 Å². The number of fused-ring (bicyclic) bond motifs is 1. The van der Waals surface area contributed by atoms with E-state index in [1.165, 1.54) is 0 Å². The van der Waals surface area contributed by atoms with Gasteiger partial charge in [-0.3, -0.25) is 9.89 Å². The lowest BCUT2D eigenvalue weighted by atomic mass is 9.78. The van der Waals surface area contributed by atoms with E-state index in [9.17, 15) is 9.90 Å². The average Bonchev–Trinajstić information content (AvgIpc) is 3.06. The second-order valence-corrected chi connectivity index (χ2v) is 7.31. The van der Waals surface area contributed by atoms with E-state index in [0.717, 1.165) is 49.6 Å². The van der Waals surface area contributed by atoms with Gasteiger partial charge >= 0.3 is 0 Å². The lowest BCUT2D eigenvalue weighted by molar-refractivity contribution is -0.125. The van der Waals surface area contributed by atoms with Crippen molar-refractivity contribution in [3.63, 3.8) is 0 Å². The summed E-state index contributed by atoms with van der Waals surface area (Å²) in [6.45, 7) is 2.41. The van der Waals surface area contributed by atoms with Gasteiger partial charge in [0.2, 0.25) is 0 Å². The van der Waals surface area contributed by atoms with E-state index >= 15 is 0 Å². The van der Waals surface area contributed by atoms with Crippen molar-refractivity contribution in [2.45, 2.75) is 37.7 Å².